The van der Waals surface area contributed by atoms with E-state index >= 15 is 0 Å². The summed E-state index contributed by atoms with van der Waals surface area (Å²) in [5.41, 5.74) is 1.25. The van der Waals surface area contributed by atoms with Crippen LogP contribution >= 0.6 is 0 Å². The Balaban J connectivity index is 1.86. The summed E-state index contributed by atoms with van der Waals surface area (Å²) >= 11 is 0. The summed E-state index contributed by atoms with van der Waals surface area (Å²) in [7, 11) is 0. The maximum atomic E-state index is 5.90. The van der Waals surface area contributed by atoms with Gasteiger partial charge >= 0.3 is 0 Å². The number of hydroxylamine groups is 2. The maximum Gasteiger partial charge on any atom is 0.0936 e. The zero-order valence-corrected chi connectivity index (χ0v) is 10.2. The van der Waals surface area contributed by atoms with Crippen LogP contribution in [-0.2, 0) is 11.4 Å². The van der Waals surface area contributed by atoms with Crippen molar-refractivity contribution < 1.29 is 4.84 Å². The highest BCUT2D eigenvalue weighted by atomic mass is 16.7. The van der Waals surface area contributed by atoms with E-state index in [1.54, 1.807) is 0 Å². The number of hydrogen-bond acceptors (Lipinski definition) is 2. The largest absolute Gasteiger partial charge is 0.294 e. The molecule has 0 spiro atoms. The summed E-state index contributed by atoms with van der Waals surface area (Å²) in [5.74, 6) is 0.679. The van der Waals surface area contributed by atoms with Crippen LogP contribution in [0.3, 0.4) is 0 Å². The van der Waals surface area contributed by atoms with E-state index < -0.39 is 0 Å². The van der Waals surface area contributed by atoms with Gasteiger partial charge in [0.05, 0.1) is 6.61 Å². The first-order valence-corrected chi connectivity index (χ1v) is 6.21. The van der Waals surface area contributed by atoms with Gasteiger partial charge in [-0.15, -0.1) is 0 Å². The second-order valence-electron chi connectivity index (χ2n) is 4.85. The molecule has 0 N–H and O–H groups in total. The first kappa shape index (κ1) is 11.6. The Morgan fingerprint density at radius 2 is 2.06 bits per heavy atom. The van der Waals surface area contributed by atoms with Crippen LogP contribution in [0.2, 0.25) is 0 Å². The fourth-order valence-corrected chi connectivity index (χ4v) is 2.32. The fourth-order valence-electron chi connectivity index (χ4n) is 2.32. The van der Waals surface area contributed by atoms with Gasteiger partial charge in [0, 0.05) is 12.6 Å². The van der Waals surface area contributed by atoms with E-state index in [4.69, 9.17) is 4.84 Å². The van der Waals surface area contributed by atoms with Crippen molar-refractivity contribution in [2.45, 2.75) is 39.3 Å². The second-order valence-corrected chi connectivity index (χ2v) is 4.85. The molecular formula is C14H21NO. The standard InChI is InChI=1S/C14H21NO/c1-12(2)14-9-6-10-15(14)16-11-13-7-4-3-5-8-13/h3-5,7-8,12,14H,6,9-11H2,1-2H3. The van der Waals surface area contributed by atoms with Gasteiger partial charge in [-0.3, -0.25) is 4.84 Å². The summed E-state index contributed by atoms with van der Waals surface area (Å²) in [5, 5.41) is 2.18. The van der Waals surface area contributed by atoms with Crippen molar-refractivity contribution in [2.24, 2.45) is 5.92 Å². The van der Waals surface area contributed by atoms with Crippen LogP contribution in [-0.4, -0.2) is 17.6 Å². The lowest BCUT2D eigenvalue weighted by atomic mass is 10.0. The van der Waals surface area contributed by atoms with E-state index in [1.165, 1.54) is 18.4 Å². The molecule has 1 aliphatic rings. The maximum absolute atomic E-state index is 5.90. The lowest BCUT2D eigenvalue weighted by Crippen LogP contribution is -2.33. The molecule has 1 heterocycles. The van der Waals surface area contributed by atoms with Crippen LogP contribution < -0.4 is 0 Å². The van der Waals surface area contributed by atoms with Crippen LogP contribution in [0, 0.1) is 5.92 Å². The molecule has 1 unspecified atom stereocenters. The summed E-state index contributed by atoms with van der Waals surface area (Å²) < 4.78 is 0. The Labute approximate surface area is 98.2 Å². The van der Waals surface area contributed by atoms with Gasteiger partial charge in [0.25, 0.3) is 0 Å². The van der Waals surface area contributed by atoms with Gasteiger partial charge in [-0.1, -0.05) is 44.2 Å². The molecule has 0 bridgehead atoms. The zero-order chi connectivity index (χ0) is 11.4. The van der Waals surface area contributed by atoms with E-state index in [0.29, 0.717) is 18.6 Å². The quantitative estimate of drug-likeness (QED) is 0.771. The Hall–Kier alpha value is -0.860. The van der Waals surface area contributed by atoms with Crippen molar-refractivity contribution in [3.8, 4) is 0 Å². The molecule has 0 radical (unpaired) electrons. The van der Waals surface area contributed by atoms with E-state index in [0.717, 1.165) is 6.54 Å². The van der Waals surface area contributed by atoms with Gasteiger partial charge in [0.2, 0.25) is 0 Å². The molecule has 1 fully saturated rings. The van der Waals surface area contributed by atoms with Gasteiger partial charge in [0.15, 0.2) is 0 Å². The summed E-state index contributed by atoms with van der Waals surface area (Å²) in [6.45, 7) is 6.32. The predicted octanol–water partition coefficient (Wildman–Crippen LogP) is 3.24. The minimum absolute atomic E-state index is 0.601. The number of hydrogen-bond donors (Lipinski definition) is 0. The zero-order valence-electron chi connectivity index (χ0n) is 10.2. The number of benzene rings is 1. The van der Waals surface area contributed by atoms with Crippen LogP contribution in [0.15, 0.2) is 30.3 Å². The first-order chi connectivity index (χ1) is 7.77. The minimum Gasteiger partial charge on any atom is -0.294 e. The molecule has 2 heteroatoms. The fraction of sp³-hybridized carbons (Fsp3) is 0.571. The summed E-state index contributed by atoms with van der Waals surface area (Å²) in [6.07, 6.45) is 2.53. The molecule has 1 atom stereocenters. The number of rotatable bonds is 4. The third-order valence-electron chi connectivity index (χ3n) is 3.26. The van der Waals surface area contributed by atoms with E-state index in [-0.39, 0.29) is 0 Å². The molecular weight excluding hydrogens is 198 g/mol. The highest BCUT2D eigenvalue weighted by molar-refractivity contribution is 5.13. The normalized spacial score (nSPS) is 21.8. The highest BCUT2D eigenvalue weighted by Crippen LogP contribution is 2.24. The molecule has 2 nitrogen and oxygen atoms in total. The predicted molar refractivity (Wildman–Crippen MR) is 65.8 cm³/mol. The van der Waals surface area contributed by atoms with Crippen molar-refractivity contribution in [2.75, 3.05) is 6.54 Å². The third kappa shape index (κ3) is 2.83. The molecule has 1 aromatic rings. The summed E-state index contributed by atoms with van der Waals surface area (Å²) in [4.78, 5) is 5.90. The van der Waals surface area contributed by atoms with E-state index in [9.17, 15) is 0 Å². The molecule has 1 aromatic carbocycles. The van der Waals surface area contributed by atoms with Crippen LogP contribution in [0.5, 0.6) is 0 Å². The molecule has 88 valence electrons. The van der Waals surface area contributed by atoms with E-state index in [1.807, 2.05) is 6.07 Å². The van der Waals surface area contributed by atoms with Gasteiger partial charge in [0.1, 0.15) is 0 Å². The smallest absolute Gasteiger partial charge is 0.0936 e. The third-order valence-corrected chi connectivity index (χ3v) is 3.26. The minimum atomic E-state index is 0.601. The van der Waals surface area contributed by atoms with Crippen molar-refractivity contribution in [1.82, 2.24) is 5.06 Å². The average Bonchev–Trinajstić information content (AvgIpc) is 2.76. The van der Waals surface area contributed by atoms with Crippen molar-refractivity contribution in [3.05, 3.63) is 35.9 Å². The van der Waals surface area contributed by atoms with Gasteiger partial charge < -0.3 is 0 Å². The monoisotopic (exact) mass is 219 g/mol. The second kappa shape index (κ2) is 5.46. The van der Waals surface area contributed by atoms with Crippen LogP contribution in [0.4, 0.5) is 0 Å². The average molecular weight is 219 g/mol. The molecule has 1 saturated heterocycles. The van der Waals surface area contributed by atoms with Crippen molar-refractivity contribution >= 4 is 0 Å². The Bertz CT molecular complexity index is 310. The van der Waals surface area contributed by atoms with Crippen molar-refractivity contribution in [3.63, 3.8) is 0 Å². The Kier molecular flexibility index (Phi) is 3.97. The first-order valence-electron chi connectivity index (χ1n) is 6.21. The van der Waals surface area contributed by atoms with Crippen LogP contribution in [0.1, 0.15) is 32.3 Å². The van der Waals surface area contributed by atoms with Gasteiger partial charge in [-0.05, 0) is 24.3 Å². The van der Waals surface area contributed by atoms with Crippen molar-refractivity contribution in [1.29, 1.82) is 0 Å². The molecule has 16 heavy (non-hydrogen) atoms. The SMILES string of the molecule is CC(C)C1CCCN1OCc1ccccc1. The highest BCUT2D eigenvalue weighted by Gasteiger charge is 2.27. The van der Waals surface area contributed by atoms with Crippen LogP contribution in [0.25, 0.3) is 0 Å². The topological polar surface area (TPSA) is 12.5 Å². The molecule has 0 amide bonds. The Morgan fingerprint density at radius 3 is 2.75 bits per heavy atom. The van der Waals surface area contributed by atoms with Gasteiger partial charge in [-0.25, -0.2) is 0 Å². The lowest BCUT2D eigenvalue weighted by molar-refractivity contribution is -0.186. The molecule has 1 aliphatic heterocycles. The summed E-state index contributed by atoms with van der Waals surface area (Å²) in [6, 6.07) is 11.0. The van der Waals surface area contributed by atoms with Gasteiger partial charge in [-0.2, -0.15) is 5.06 Å². The lowest BCUT2D eigenvalue weighted by Gasteiger charge is -2.26. The molecule has 0 saturated carbocycles. The Morgan fingerprint density at radius 1 is 1.31 bits per heavy atom. The molecule has 0 aromatic heterocycles. The molecule has 0 aliphatic carbocycles. The molecule has 2 rings (SSSR count). The van der Waals surface area contributed by atoms with E-state index in [2.05, 4.69) is 43.2 Å². The number of nitrogens with zero attached hydrogens (tertiary/aromatic N) is 1.